The van der Waals surface area contributed by atoms with Gasteiger partial charge >= 0.3 is 0 Å². The summed E-state index contributed by atoms with van der Waals surface area (Å²) in [5, 5.41) is 9.92. The lowest BCUT2D eigenvalue weighted by atomic mass is 9.73. The monoisotopic (exact) mass is 403 g/mol. The average Bonchev–Trinajstić information content (AvgIpc) is 2.76. The molecule has 3 heterocycles. The van der Waals surface area contributed by atoms with Gasteiger partial charge in [0.1, 0.15) is 12.2 Å². The van der Waals surface area contributed by atoms with Crippen LogP contribution in [-0.4, -0.2) is 63.5 Å². The van der Waals surface area contributed by atoms with E-state index in [0.29, 0.717) is 12.2 Å². The van der Waals surface area contributed by atoms with Crippen molar-refractivity contribution in [2.24, 2.45) is 0 Å². The molecule has 6 nitrogen and oxygen atoms in total. The van der Waals surface area contributed by atoms with E-state index in [1.54, 1.807) is 34.2 Å². The van der Waals surface area contributed by atoms with Crippen molar-refractivity contribution in [1.29, 1.82) is 0 Å². The molecule has 1 aromatic heterocycles. The maximum Gasteiger partial charge on any atom is 0.272 e. The number of aliphatic hydroxyl groups excluding tert-OH is 1. The van der Waals surface area contributed by atoms with E-state index in [0.717, 1.165) is 24.0 Å². The molecule has 1 N–H and O–H groups in total. The van der Waals surface area contributed by atoms with Crippen LogP contribution in [0.15, 0.2) is 48.7 Å². The maximum atomic E-state index is 12.8. The van der Waals surface area contributed by atoms with Crippen molar-refractivity contribution in [1.82, 2.24) is 14.8 Å². The Bertz CT molecular complexity index is 978. The minimum atomic E-state index is -0.258. The van der Waals surface area contributed by atoms with Crippen LogP contribution in [0.2, 0.25) is 0 Å². The number of aliphatic hydroxyl groups is 1. The van der Waals surface area contributed by atoms with Crippen LogP contribution in [0.4, 0.5) is 0 Å². The molecular weight excluding hydrogens is 378 g/mol. The fourth-order valence-electron chi connectivity index (χ4n) is 4.38. The molecule has 30 heavy (non-hydrogen) atoms. The van der Waals surface area contributed by atoms with Gasteiger partial charge in [-0.3, -0.25) is 14.6 Å². The molecule has 154 valence electrons. The van der Waals surface area contributed by atoms with Gasteiger partial charge in [0, 0.05) is 30.6 Å². The van der Waals surface area contributed by atoms with Crippen LogP contribution in [0, 0.1) is 11.8 Å². The first-order chi connectivity index (χ1) is 14.6. The fourth-order valence-corrected chi connectivity index (χ4v) is 4.38. The standard InChI is InChI=1S/C24H25N3O3/c1-2-3-4-7-17-9-11-18(12-10-17)23-20-14-26(15-22(29)27(20)21(23)16-28)24(30)19-8-5-6-13-25-19/h5-6,8-13,20-21,23,28H,2-3,14-16H2,1H3/t20-,21-,23-/m0/s1. The third kappa shape index (κ3) is 3.69. The Morgan fingerprint density at radius 1 is 1.23 bits per heavy atom. The molecule has 1 aromatic carbocycles. The first kappa shape index (κ1) is 20.1. The SMILES string of the molecule is CCCC#Cc1ccc([C@@H]2[C@H](CO)N3C(=O)CN(C(=O)c4ccccn4)C[C@@H]23)cc1. The molecule has 2 aliphatic rings. The molecule has 4 rings (SSSR count). The maximum absolute atomic E-state index is 12.8. The van der Waals surface area contributed by atoms with E-state index in [1.807, 2.05) is 24.3 Å². The number of hydrogen-bond donors (Lipinski definition) is 1. The number of nitrogens with zero attached hydrogens (tertiary/aromatic N) is 3. The van der Waals surface area contributed by atoms with E-state index >= 15 is 0 Å². The van der Waals surface area contributed by atoms with Crippen LogP contribution in [0.1, 0.15) is 47.3 Å². The number of fused-ring (bicyclic) bond motifs is 1. The summed E-state index contributed by atoms with van der Waals surface area (Å²) in [6, 6.07) is 12.8. The number of rotatable bonds is 4. The normalized spacial score (nSPS) is 22.6. The van der Waals surface area contributed by atoms with E-state index in [4.69, 9.17) is 0 Å². The number of piperazine rings is 1. The van der Waals surface area contributed by atoms with Gasteiger partial charge in [0.15, 0.2) is 0 Å². The van der Waals surface area contributed by atoms with Gasteiger partial charge in [-0.05, 0) is 36.2 Å². The lowest BCUT2D eigenvalue weighted by Crippen LogP contribution is -2.73. The summed E-state index contributed by atoms with van der Waals surface area (Å²) in [6.45, 7) is 2.45. The van der Waals surface area contributed by atoms with Crippen LogP contribution in [0.25, 0.3) is 0 Å². The van der Waals surface area contributed by atoms with Crippen molar-refractivity contribution < 1.29 is 14.7 Å². The molecule has 0 spiro atoms. The van der Waals surface area contributed by atoms with Gasteiger partial charge in [0.05, 0.1) is 18.7 Å². The first-order valence-electron chi connectivity index (χ1n) is 10.3. The number of benzene rings is 1. The van der Waals surface area contributed by atoms with Crippen LogP contribution < -0.4 is 0 Å². The van der Waals surface area contributed by atoms with Crippen molar-refractivity contribution in [3.8, 4) is 11.8 Å². The van der Waals surface area contributed by atoms with E-state index < -0.39 is 0 Å². The Morgan fingerprint density at radius 3 is 2.70 bits per heavy atom. The third-order valence-electron chi connectivity index (χ3n) is 5.83. The summed E-state index contributed by atoms with van der Waals surface area (Å²) in [5.74, 6) is 5.90. The zero-order valence-electron chi connectivity index (χ0n) is 17.0. The van der Waals surface area contributed by atoms with Crippen molar-refractivity contribution >= 4 is 11.8 Å². The summed E-state index contributed by atoms with van der Waals surface area (Å²) in [6.07, 6.45) is 3.48. The van der Waals surface area contributed by atoms with E-state index in [1.165, 1.54) is 0 Å². The van der Waals surface area contributed by atoms with Gasteiger partial charge < -0.3 is 14.9 Å². The summed E-state index contributed by atoms with van der Waals surface area (Å²) in [7, 11) is 0. The zero-order chi connectivity index (χ0) is 21.1. The molecule has 3 atom stereocenters. The minimum Gasteiger partial charge on any atom is -0.394 e. The van der Waals surface area contributed by atoms with Gasteiger partial charge in [-0.25, -0.2) is 0 Å². The predicted molar refractivity (Wildman–Crippen MR) is 113 cm³/mol. The third-order valence-corrected chi connectivity index (χ3v) is 5.83. The largest absolute Gasteiger partial charge is 0.394 e. The fraction of sp³-hybridized carbons (Fsp3) is 0.375. The molecule has 0 bridgehead atoms. The Kier molecular flexibility index (Phi) is 5.82. The molecule has 0 unspecified atom stereocenters. The lowest BCUT2D eigenvalue weighted by Gasteiger charge is -2.58. The number of amides is 2. The first-order valence-corrected chi connectivity index (χ1v) is 10.3. The highest BCUT2D eigenvalue weighted by molar-refractivity contribution is 5.96. The minimum absolute atomic E-state index is 0.0150. The van der Waals surface area contributed by atoms with Gasteiger partial charge in [0.25, 0.3) is 5.91 Å². The topological polar surface area (TPSA) is 73.7 Å². The Hall–Kier alpha value is -3.17. The van der Waals surface area contributed by atoms with Crippen LogP contribution in [0.3, 0.4) is 0 Å². The Balaban J connectivity index is 1.54. The molecular formula is C24H25N3O3. The number of unbranched alkanes of at least 4 members (excludes halogenated alkanes) is 1. The zero-order valence-corrected chi connectivity index (χ0v) is 17.0. The smallest absolute Gasteiger partial charge is 0.272 e. The van der Waals surface area contributed by atoms with Crippen molar-refractivity contribution in [2.75, 3.05) is 19.7 Å². The molecule has 0 aliphatic carbocycles. The second-order valence-corrected chi connectivity index (χ2v) is 7.72. The lowest BCUT2D eigenvalue weighted by molar-refractivity contribution is -0.159. The molecule has 2 aliphatic heterocycles. The second kappa shape index (κ2) is 8.68. The highest BCUT2D eigenvalue weighted by atomic mass is 16.3. The van der Waals surface area contributed by atoms with E-state index in [2.05, 4.69) is 23.7 Å². The highest BCUT2D eigenvalue weighted by Gasteiger charge is 2.54. The molecule has 6 heteroatoms. The van der Waals surface area contributed by atoms with Crippen LogP contribution in [0.5, 0.6) is 0 Å². The molecule has 0 radical (unpaired) electrons. The molecule has 2 fully saturated rings. The van der Waals surface area contributed by atoms with Crippen LogP contribution >= 0.6 is 0 Å². The summed E-state index contributed by atoms with van der Waals surface area (Å²) < 4.78 is 0. The quantitative estimate of drug-likeness (QED) is 0.793. The molecule has 2 amide bonds. The number of carbonyl (C=O) groups excluding carboxylic acids is 2. The molecule has 0 saturated carbocycles. The predicted octanol–water partition coefficient (Wildman–Crippen LogP) is 2.04. The summed E-state index contributed by atoms with van der Waals surface area (Å²) in [5.41, 5.74) is 2.34. The van der Waals surface area contributed by atoms with Gasteiger partial charge in [-0.2, -0.15) is 0 Å². The van der Waals surface area contributed by atoms with Crippen LogP contribution in [-0.2, 0) is 4.79 Å². The highest BCUT2D eigenvalue weighted by Crippen LogP contribution is 2.43. The van der Waals surface area contributed by atoms with Gasteiger partial charge in [0.2, 0.25) is 5.91 Å². The Labute approximate surface area is 176 Å². The van der Waals surface area contributed by atoms with Crippen molar-refractivity contribution in [3.05, 3.63) is 65.5 Å². The number of aromatic nitrogens is 1. The van der Waals surface area contributed by atoms with E-state index in [9.17, 15) is 14.7 Å². The summed E-state index contributed by atoms with van der Waals surface area (Å²) >= 11 is 0. The van der Waals surface area contributed by atoms with E-state index in [-0.39, 0.29) is 43.0 Å². The number of hydrogen-bond acceptors (Lipinski definition) is 4. The molecule has 2 aromatic rings. The second-order valence-electron chi connectivity index (χ2n) is 7.72. The summed E-state index contributed by atoms with van der Waals surface area (Å²) in [4.78, 5) is 33.0. The van der Waals surface area contributed by atoms with Gasteiger partial charge in [-0.1, -0.05) is 37.0 Å². The molecule has 2 saturated heterocycles. The van der Waals surface area contributed by atoms with Gasteiger partial charge in [-0.15, -0.1) is 0 Å². The average molecular weight is 403 g/mol. The number of pyridine rings is 1. The van der Waals surface area contributed by atoms with Crippen molar-refractivity contribution in [3.63, 3.8) is 0 Å². The number of carbonyl (C=O) groups is 2. The van der Waals surface area contributed by atoms with Crippen molar-refractivity contribution in [2.45, 2.75) is 37.8 Å². The Morgan fingerprint density at radius 2 is 2.03 bits per heavy atom.